The predicted octanol–water partition coefficient (Wildman–Crippen LogP) is 2.49. The molecule has 36 heavy (non-hydrogen) atoms. The molecular weight excluding hydrogens is 460 g/mol. The van der Waals surface area contributed by atoms with Gasteiger partial charge in [0.1, 0.15) is 11.6 Å². The molecule has 2 amide bonds. The lowest BCUT2D eigenvalue weighted by molar-refractivity contribution is -0.138. The first-order chi connectivity index (χ1) is 17.5. The monoisotopic (exact) mass is 492 g/mol. The van der Waals surface area contributed by atoms with Crippen LogP contribution in [-0.2, 0) is 33.6 Å². The fourth-order valence-corrected chi connectivity index (χ4v) is 5.30. The summed E-state index contributed by atoms with van der Waals surface area (Å²) in [4.78, 5) is 43.5. The second-order valence-corrected chi connectivity index (χ2v) is 9.81. The summed E-state index contributed by atoms with van der Waals surface area (Å²) in [6, 6.07) is 9.03. The molecule has 3 aliphatic heterocycles. The molecule has 1 aromatic carbocycles. The van der Waals surface area contributed by atoms with E-state index in [1.165, 1.54) is 5.56 Å². The van der Waals surface area contributed by atoms with E-state index < -0.39 is 12.0 Å². The molecule has 0 aliphatic carbocycles. The molecule has 1 saturated heterocycles. The number of amides is 2. The van der Waals surface area contributed by atoms with Crippen LogP contribution in [0.5, 0.6) is 5.75 Å². The number of aliphatic carboxylic acids is 1. The largest absolute Gasteiger partial charge is 0.493 e. The van der Waals surface area contributed by atoms with Gasteiger partial charge in [0.15, 0.2) is 0 Å². The van der Waals surface area contributed by atoms with Crippen LogP contribution in [0.3, 0.4) is 0 Å². The number of benzene rings is 1. The molecule has 9 nitrogen and oxygen atoms in total. The van der Waals surface area contributed by atoms with Crippen molar-refractivity contribution in [2.45, 2.75) is 51.0 Å². The van der Waals surface area contributed by atoms with Crippen LogP contribution >= 0.6 is 0 Å². The number of anilines is 1. The van der Waals surface area contributed by atoms with Gasteiger partial charge >= 0.3 is 5.97 Å². The molecule has 2 aromatic rings. The van der Waals surface area contributed by atoms with Gasteiger partial charge < -0.3 is 25.4 Å². The Hall–Kier alpha value is -3.62. The van der Waals surface area contributed by atoms with Crippen molar-refractivity contribution in [1.29, 1.82) is 0 Å². The highest BCUT2D eigenvalue weighted by atomic mass is 16.5. The number of likely N-dealkylation sites (tertiary alicyclic amines) is 1. The summed E-state index contributed by atoms with van der Waals surface area (Å²) >= 11 is 0. The van der Waals surface area contributed by atoms with Crippen molar-refractivity contribution in [2.24, 2.45) is 5.92 Å². The molecule has 2 atom stereocenters. The van der Waals surface area contributed by atoms with Gasteiger partial charge in [0, 0.05) is 31.1 Å². The number of carbonyl (C=O) groups is 3. The maximum atomic E-state index is 13.0. The van der Waals surface area contributed by atoms with Gasteiger partial charge in [-0.25, -0.2) is 4.98 Å². The van der Waals surface area contributed by atoms with E-state index in [4.69, 9.17) is 9.72 Å². The molecule has 5 rings (SSSR count). The molecule has 0 radical (unpaired) electrons. The van der Waals surface area contributed by atoms with Crippen molar-refractivity contribution < 1.29 is 24.2 Å². The Morgan fingerprint density at radius 1 is 1.22 bits per heavy atom. The van der Waals surface area contributed by atoms with E-state index in [0.29, 0.717) is 38.0 Å². The standard InChI is InChI=1S/C27H32N4O5/c32-24(30-22(15-25(33)34)20-4-3-17-10-13-36-23(17)14-20)16-31-12-9-19(27(31)35)6-8-21-7-5-18-2-1-11-28-26(18)29-21/h3-5,7,14,19,22H,1-2,6,8-13,15-16H2,(H,28,29)(H,30,32)(H,33,34)/t19?,22-/m0/s1. The lowest BCUT2D eigenvalue weighted by Crippen LogP contribution is -2.40. The molecular formula is C27H32N4O5. The summed E-state index contributed by atoms with van der Waals surface area (Å²) in [7, 11) is 0. The smallest absolute Gasteiger partial charge is 0.305 e. The van der Waals surface area contributed by atoms with E-state index in [0.717, 1.165) is 48.6 Å². The summed E-state index contributed by atoms with van der Waals surface area (Å²) in [5.74, 6) is 0.165. The zero-order chi connectivity index (χ0) is 25.1. The Balaban J connectivity index is 1.15. The number of nitrogens with zero attached hydrogens (tertiary/aromatic N) is 2. The second kappa shape index (κ2) is 10.6. The van der Waals surface area contributed by atoms with Crippen LogP contribution in [0.15, 0.2) is 30.3 Å². The minimum Gasteiger partial charge on any atom is -0.493 e. The zero-order valence-corrected chi connectivity index (χ0v) is 20.3. The lowest BCUT2D eigenvalue weighted by atomic mass is 9.99. The van der Waals surface area contributed by atoms with Crippen LogP contribution in [0.25, 0.3) is 0 Å². The van der Waals surface area contributed by atoms with Gasteiger partial charge in [-0.3, -0.25) is 14.4 Å². The number of rotatable bonds is 9. The van der Waals surface area contributed by atoms with Crippen molar-refractivity contribution in [3.05, 3.63) is 52.7 Å². The molecule has 0 saturated carbocycles. The fourth-order valence-electron chi connectivity index (χ4n) is 5.30. The average molecular weight is 493 g/mol. The average Bonchev–Trinajstić information content (AvgIpc) is 3.48. The Labute approximate surface area is 210 Å². The van der Waals surface area contributed by atoms with Gasteiger partial charge in [0.05, 0.1) is 25.6 Å². The normalized spacial score (nSPS) is 19.2. The van der Waals surface area contributed by atoms with Gasteiger partial charge in [-0.05, 0) is 60.9 Å². The van der Waals surface area contributed by atoms with E-state index in [-0.39, 0.29) is 30.7 Å². The third-order valence-electron chi connectivity index (χ3n) is 7.28. The number of carboxylic acids is 1. The molecule has 4 heterocycles. The highest BCUT2D eigenvalue weighted by Crippen LogP contribution is 2.30. The van der Waals surface area contributed by atoms with Gasteiger partial charge in [0.2, 0.25) is 11.8 Å². The van der Waals surface area contributed by atoms with Crippen molar-refractivity contribution >= 4 is 23.6 Å². The summed E-state index contributed by atoms with van der Waals surface area (Å²) in [6.45, 7) is 1.99. The summed E-state index contributed by atoms with van der Waals surface area (Å²) in [6.07, 6.45) is 4.85. The van der Waals surface area contributed by atoms with E-state index in [9.17, 15) is 19.5 Å². The summed E-state index contributed by atoms with van der Waals surface area (Å²) in [5.41, 5.74) is 3.98. The molecule has 1 aromatic heterocycles. The second-order valence-electron chi connectivity index (χ2n) is 9.81. The van der Waals surface area contributed by atoms with Crippen LogP contribution in [0.2, 0.25) is 0 Å². The van der Waals surface area contributed by atoms with E-state index in [1.54, 1.807) is 11.0 Å². The van der Waals surface area contributed by atoms with Crippen molar-refractivity contribution in [3.8, 4) is 5.75 Å². The molecule has 0 bridgehead atoms. The van der Waals surface area contributed by atoms with Gasteiger partial charge in [-0.2, -0.15) is 0 Å². The Morgan fingerprint density at radius 2 is 2.08 bits per heavy atom. The minimum absolute atomic E-state index is 0.0260. The molecule has 0 spiro atoms. The van der Waals surface area contributed by atoms with E-state index >= 15 is 0 Å². The number of fused-ring (bicyclic) bond motifs is 2. The third kappa shape index (κ3) is 5.45. The highest BCUT2D eigenvalue weighted by molar-refractivity contribution is 5.87. The van der Waals surface area contributed by atoms with Crippen molar-refractivity contribution in [2.75, 3.05) is 31.6 Å². The van der Waals surface area contributed by atoms with Gasteiger partial charge in [-0.15, -0.1) is 0 Å². The van der Waals surface area contributed by atoms with Crippen LogP contribution in [-0.4, -0.2) is 59.0 Å². The van der Waals surface area contributed by atoms with Crippen molar-refractivity contribution in [3.63, 3.8) is 0 Å². The number of aryl methyl sites for hydroxylation is 2. The molecule has 1 unspecified atom stereocenters. The summed E-state index contributed by atoms with van der Waals surface area (Å²) < 4.78 is 5.59. The number of hydrogen-bond donors (Lipinski definition) is 3. The number of aromatic nitrogens is 1. The number of carboxylic acid groups (broad SMARTS) is 1. The Kier molecular flexibility index (Phi) is 7.06. The topological polar surface area (TPSA) is 121 Å². The number of pyridine rings is 1. The fraction of sp³-hybridized carbons (Fsp3) is 0.481. The molecule has 3 N–H and O–H groups in total. The minimum atomic E-state index is -1.01. The zero-order valence-electron chi connectivity index (χ0n) is 20.3. The highest BCUT2D eigenvalue weighted by Gasteiger charge is 2.33. The van der Waals surface area contributed by atoms with E-state index in [2.05, 4.69) is 16.7 Å². The first-order valence-corrected chi connectivity index (χ1v) is 12.7. The number of ether oxygens (including phenoxy) is 1. The Morgan fingerprint density at radius 3 is 2.94 bits per heavy atom. The van der Waals surface area contributed by atoms with Gasteiger partial charge in [0.25, 0.3) is 0 Å². The van der Waals surface area contributed by atoms with E-state index in [1.807, 2.05) is 18.2 Å². The Bertz CT molecular complexity index is 1170. The number of nitrogens with one attached hydrogen (secondary N) is 2. The van der Waals surface area contributed by atoms with Crippen LogP contribution in [0.1, 0.15) is 54.1 Å². The molecule has 1 fully saturated rings. The van der Waals surface area contributed by atoms with Crippen LogP contribution in [0.4, 0.5) is 5.82 Å². The SMILES string of the molecule is O=C(O)C[C@H](NC(=O)CN1CCC(CCc2ccc3c(n2)NCCC3)C1=O)c1ccc2c(c1)OCC2. The quantitative estimate of drug-likeness (QED) is 0.492. The molecule has 3 aliphatic rings. The van der Waals surface area contributed by atoms with Gasteiger partial charge in [-0.1, -0.05) is 18.2 Å². The number of hydrogen-bond acceptors (Lipinski definition) is 6. The third-order valence-corrected chi connectivity index (χ3v) is 7.28. The lowest BCUT2D eigenvalue weighted by Gasteiger charge is -2.21. The predicted molar refractivity (Wildman–Crippen MR) is 133 cm³/mol. The van der Waals surface area contributed by atoms with Crippen LogP contribution < -0.4 is 15.4 Å². The van der Waals surface area contributed by atoms with Crippen LogP contribution in [0, 0.1) is 5.92 Å². The van der Waals surface area contributed by atoms with Crippen molar-refractivity contribution in [1.82, 2.24) is 15.2 Å². The first-order valence-electron chi connectivity index (χ1n) is 12.7. The first kappa shape index (κ1) is 24.1. The molecule has 190 valence electrons. The number of carbonyl (C=O) groups excluding carboxylic acids is 2. The molecule has 9 heteroatoms. The summed E-state index contributed by atoms with van der Waals surface area (Å²) in [5, 5.41) is 15.5. The maximum absolute atomic E-state index is 13.0. The maximum Gasteiger partial charge on any atom is 0.305 e.